The minimum Gasteiger partial charge on any atom is -0.344 e. The number of piperidine rings is 1. The van der Waals surface area contributed by atoms with Crippen molar-refractivity contribution in [1.82, 2.24) is 15.2 Å². The molecule has 0 saturated carbocycles. The maximum absolute atomic E-state index is 11.8. The third-order valence-corrected chi connectivity index (χ3v) is 3.01. The van der Waals surface area contributed by atoms with Gasteiger partial charge < -0.3 is 10.2 Å². The highest BCUT2D eigenvalue weighted by molar-refractivity contribution is 6.34. The molecule has 1 aromatic heterocycles. The predicted octanol–water partition coefficient (Wildman–Crippen LogP) is 0.710. The lowest BCUT2D eigenvalue weighted by molar-refractivity contribution is -0.146. The number of nitrogens with one attached hydrogen (secondary N) is 1. The normalized spacial score (nSPS) is 15.2. The molecule has 1 saturated heterocycles. The first-order valence-electron chi connectivity index (χ1n) is 6.23. The van der Waals surface area contributed by atoms with Gasteiger partial charge >= 0.3 is 11.8 Å². The average Bonchev–Trinajstić information content (AvgIpc) is 2.46. The van der Waals surface area contributed by atoms with Crippen molar-refractivity contribution < 1.29 is 9.59 Å². The van der Waals surface area contributed by atoms with E-state index in [-0.39, 0.29) is 0 Å². The van der Waals surface area contributed by atoms with Crippen LogP contribution in [0.3, 0.4) is 0 Å². The fraction of sp³-hybridized carbons (Fsp3) is 0.462. The maximum atomic E-state index is 11.8. The number of carbonyl (C=O) groups excluding carboxylic acids is 2. The van der Waals surface area contributed by atoms with Gasteiger partial charge in [-0.2, -0.15) is 0 Å². The Morgan fingerprint density at radius 2 is 2.06 bits per heavy atom. The van der Waals surface area contributed by atoms with Crippen LogP contribution >= 0.6 is 0 Å². The summed E-state index contributed by atoms with van der Waals surface area (Å²) in [7, 11) is 0. The third kappa shape index (κ3) is 3.29. The summed E-state index contributed by atoms with van der Waals surface area (Å²) >= 11 is 0. The van der Waals surface area contributed by atoms with Crippen molar-refractivity contribution in [3.8, 4) is 0 Å². The van der Waals surface area contributed by atoms with E-state index in [1.54, 1.807) is 23.4 Å². The average molecular weight is 247 g/mol. The van der Waals surface area contributed by atoms with Gasteiger partial charge in [0.1, 0.15) is 0 Å². The van der Waals surface area contributed by atoms with Crippen molar-refractivity contribution in [3.63, 3.8) is 0 Å². The number of carbonyl (C=O) groups is 2. The van der Waals surface area contributed by atoms with Crippen LogP contribution in [0.4, 0.5) is 0 Å². The van der Waals surface area contributed by atoms with Crippen molar-refractivity contribution in [3.05, 3.63) is 30.1 Å². The molecule has 1 aromatic rings. The largest absolute Gasteiger partial charge is 0.344 e. The molecule has 0 radical (unpaired) electrons. The van der Waals surface area contributed by atoms with Crippen molar-refractivity contribution >= 4 is 11.8 Å². The van der Waals surface area contributed by atoms with Crippen LogP contribution in [-0.2, 0) is 16.1 Å². The van der Waals surface area contributed by atoms with Gasteiger partial charge in [0.15, 0.2) is 0 Å². The Bertz CT molecular complexity index is 414. The zero-order valence-electron chi connectivity index (χ0n) is 10.3. The Balaban J connectivity index is 1.82. The zero-order chi connectivity index (χ0) is 12.8. The lowest BCUT2D eigenvalue weighted by atomic mass is 10.1. The van der Waals surface area contributed by atoms with Gasteiger partial charge in [0.25, 0.3) is 0 Å². The van der Waals surface area contributed by atoms with Crippen molar-refractivity contribution in [2.24, 2.45) is 0 Å². The molecule has 5 nitrogen and oxygen atoms in total. The van der Waals surface area contributed by atoms with Crippen LogP contribution in [0, 0.1) is 0 Å². The summed E-state index contributed by atoms with van der Waals surface area (Å²) in [6.07, 6.45) is 6.46. The van der Waals surface area contributed by atoms with E-state index in [4.69, 9.17) is 0 Å². The molecule has 1 N–H and O–H groups in total. The molecule has 0 aromatic carbocycles. The lowest BCUT2D eigenvalue weighted by Gasteiger charge is -2.25. The lowest BCUT2D eigenvalue weighted by Crippen LogP contribution is -2.44. The molecule has 0 aliphatic carbocycles. The molecular formula is C13H17N3O2. The smallest absolute Gasteiger partial charge is 0.311 e. The molecule has 96 valence electrons. The first-order chi connectivity index (χ1) is 8.77. The Hall–Kier alpha value is -1.91. The van der Waals surface area contributed by atoms with Gasteiger partial charge in [-0.25, -0.2) is 0 Å². The molecule has 0 unspecified atom stereocenters. The van der Waals surface area contributed by atoms with E-state index in [9.17, 15) is 9.59 Å². The first kappa shape index (κ1) is 12.5. The van der Waals surface area contributed by atoms with Crippen LogP contribution < -0.4 is 5.32 Å². The molecule has 2 amide bonds. The highest BCUT2D eigenvalue weighted by atomic mass is 16.2. The summed E-state index contributed by atoms with van der Waals surface area (Å²) in [5.41, 5.74) is 0.886. The van der Waals surface area contributed by atoms with E-state index in [0.717, 1.165) is 24.8 Å². The topological polar surface area (TPSA) is 62.3 Å². The van der Waals surface area contributed by atoms with Crippen LogP contribution in [0.1, 0.15) is 24.8 Å². The summed E-state index contributed by atoms with van der Waals surface area (Å²) in [5.74, 6) is -0.945. The second-order valence-electron chi connectivity index (χ2n) is 4.40. The Morgan fingerprint density at radius 3 is 2.72 bits per heavy atom. The Kier molecular flexibility index (Phi) is 4.28. The highest BCUT2D eigenvalue weighted by Gasteiger charge is 2.22. The number of hydrogen-bond acceptors (Lipinski definition) is 3. The van der Waals surface area contributed by atoms with Gasteiger partial charge in [0, 0.05) is 32.0 Å². The molecule has 5 heteroatoms. The molecule has 18 heavy (non-hydrogen) atoms. The molecule has 1 aliphatic heterocycles. The number of hydrogen-bond donors (Lipinski definition) is 1. The molecule has 1 aliphatic rings. The van der Waals surface area contributed by atoms with Gasteiger partial charge in [-0.15, -0.1) is 0 Å². The number of amides is 2. The number of aromatic nitrogens is 1. The van der Waals surface area contributed by atoms with E-state index in [0.29, 0.717) is 19.6 Å². The minimum atomic E-state index is -0.527. The van der Waals surface area contributed by atoms with E-state index in [1.165, 1.54) is 0 Å². The van der Waals surface area contributed by atoms with E-state index >= 15 is 0 Å². The molecule has 0 bridgehead atoms. The second-order valence-corrected chi connectivity index (χ2v) is 4.40. The van der Waals surface area contributed by atoms with Gasteiger partial charge in [0.2, 0.25) is 0 Å². The number of pyridine rings is 1. The molecule has 1 fully saturated rings. The first-order valence-corrected chi connectivity index (χ1v) is 6.23. The molecule has 0 atom stereocenters. The quantitative estimate of drug-likeness (QED) is 0.783. The van der Waals surface area contributed by atoms with Gasteiger partial charge in [-0.1, -0.05) is 6.07 Å². The van der Waals surface area contributed by atoms with Crippen LogP contribution in [0.2, 0.25) is 0 Å². The Morgan fingerprint density at radius 1 is 1.28 bits per heavy atom. The van der Waals surface area contributed by atoms with Crippen LogP contribution in [0.5, 0.6) is 0 Å². The van der Waals surface area contributed by atoms with Crippen molar-refractivity contribution in [2.45, 2.75) is 25.8 Å². The second kappa shape index (κ2) is 6.14. The summed E-state index contributed by atoms with van der Waals surface area (Å²) in [6.45, 7) is 1.73. The van der Waals surface area contributed by atoms with E-state index in [2.05, 4.69) is 10.3 Å². The predicted molar refractivity (Wildman–Crippen MR) is 66.5 cm³/mol. The van der Waals surface area contributed by atoms with Crippen molar-refractivity contribution in [1.29, 1.82) is 0 Å². The summed E-state index contributed by atoms with van der Waals surface area (Å²) in [4.78, 5) is 29.1. The summed E-state index contributed by atoms with van der Waals surface area (Å²) < 4.78 is 0. The van der Waals surface area contributed by atoms with E-state index in [1.807, 2.05) is 6.07 Å². The SMILES string of the molecule is O=C(NCc1cccnc1)C(=O)N1CCCCC1. The zero-order valence-corrected chi connectivity index (χ0v) is 10.3. The third-order valence-electron chi connectivity index (χ3n) is 3.01. The summed E-state index contributed by atoms with van der Waals surface area (Å²) in [6, 6.07) is 3.66. The van der Waals surface area contributed by atoms with Crippen LogP contribution in [0.25, 0.3) is 0 Å². The van der Waals surface area contributed by atoms with Gasteiger partial charge in [-0.05, 0) is 30.9 Å². The fourth-order valence-corrected chi connectivity index (χ4v) is 2.00. The molecule has 2 rings (SSSR count). The number of rotatable bonds is 2. The van der Waals surface area contributed by atoms with Crippen LogP contribution in [0.15, 0.2) is 24.5 Å². The standard InChI is InChI=1S/C13H17N3O2/c17-12(13(18)16-7-2-1-3-8-16)15-10-11-5-4-6-14-9-11/h4-6,9H,1-3,7-8,10H2,(H,15,17). The fourth-order valence-electron chi connectivity index (χ4n) is 2.00. The van der Waals surface area contributed by atoms with Crippen molar-refractivity contribution in [2.75, 3.05) is 13.1 Å². The van der Waals surface area contributed by atoms with Crippen LogP contribution in [-0.4, -0.2) is 34.8 Å². The molecule has 0 spiro atoms. The number of nitrogens with zero attached hydrogens (tertiary/aromatic N) is 2. The van der Waals surface area contributed by atoms with E-state index < -0.39 is 11.8 Å². The monoisotopic (exact) mass is 247 g/mol. The van der Waals surface area contributed by atoms with Gasteiger partial charge in [0.05, 0.1) is 0 Å². The maximum Gasteiger partial charge on any atom is 0.311 e. The molecular weight excluding hydrogens is 230 g/mol. The molecule has 2 heterocycles. The Labute approximate surface area is 106 Å². The highest BCUT2D eigenvalue weighted by Crippen LogP contribution is 2.08. The van der Waals surface area contributed by atoms with Gasteiger partial charge in [-0.3, -0.25) is 14.6 Å². The minimum absolute atomic E-state index is 0.340. The summed E-state index contributed by atoms with van der Waals surface area (Å²) in [5, 5.41) is 2.63. The number of likely N-dealkylation sites (tertiary alicyclic amines) is 1.